The van der Waals surface area contributed by atoms with Gasteiger partial charge >= 0.3 is 0 Å². The average molecular weight is 386 g/mol. The first-order valence-corrected chi connectivity index (χ1v) is 9.22. The van der Waals surface area contributed by atoms with E-state index in [2.05, 4.69) is 20.8 Å². The first-order chi connectivity index (χ1) is 11.1. The van der Waals surface area contributed by atoms with Crippen LogP contribution in [0.3, 0.4) is 0 Å². The predicted octanol–water partition coefficient (Wildman–Crippen LogP) is 5.31. The average Bonchev–Trinajstić information content (AvgIpc) is 2.95. The number of rotatable bonds is 1. The first-order valence-electron chi connectivity index (χ1n) is 8.08. The van der Waals surface area contributed by atoms with Crippen molar-refractivity contribution in [1.29, 1.82) is 0 Å². The van der Waals surface area contributed by atoms with Crippen molar-refractivity contribution in [3.05, 3.63) is 48.8 Å². The quantitative estimate of drug-likeness (QED) is 0.611. The van der Waals surface area contributed by atoms with Crippen LogP contribution in [-0.2, 0) is 12.5 Å². The van der Waals surface area contributed by atoms with Gasteiger partial charge in [0.15, 0.2) is 0 Å². The standard InChI is InChI=1S/C18H19Cl3N2O/c1-17(2)10-5-6-18(17,3)15-13(10)16(24)23(22(15)4)12-8-9(19)7-11(20)14(12)21/h7-8,10H,5-6H2,1-4H3/t10-,18+/m1/s1. The van der Waals surface area contributed by atoms with Crippen molar-refractivity contribution in [3.8, 4) is 5.69 Å². The fourth-order valence-electron chi connectivity index (χ4n) is 4.99. The summed E-state index contributed by atoms with van der Waals surface area (Å²) in [7, 11) is 1.92. The molecule has 128 valence electrons. The predicted molar refractivity (Wildman–Crippen MR) is 99.1 cm³/mol. The van der Waals surface area contributed by atoms with Crippen LogP contribution < -0.4 is 5.56 Å². The third kappa shape index (κ3) is 1.73. The largest absolute Gasteiger partial charge is 0.284 e. The lowest BCUT2D eigenvalue weighted by molar-refractivity contribution is 0.218. The van der Waals surface area contributed by atoms with Gasteiger partial charge in [-0.05, 0) is 36.3 Å². The Labute approximate surface area is 156 Å². The topological polar surface area (TPSA) is 26.9 Å². The van der Waals surface area contributed by atoms with Gasteiger partial charge in [0.2, 0.25) is 0 Å². The molecule has 0 radical (unpaired) electrons. The Morgan fingerprint density at radius 2 is 1.83 bits per heavy atom. The monoisotopic (exact) mass is 384 g/mol. The SMILES string of the molecule is Cn1c2c(c(=O)n1-c1cc(Cl)cc(Cl)c1Cl)[C@H]1CC[C@]2(C)C1(C)C. The minimum atomic E-state index is -0.0129. The number of fused-ring (bicyclic) bond motifs is 5. The molecule has 6 heteroatoms. The molecule has 0 amide bonds. The summed E-state index contributed by atoms with van der Waals surface area (Å²) in [5.41, 5.74) is 2.67. The van der Waals surface area contributed by atoms with E-state index in [1.54, 1.807) is 16.8 Å². The minimum Gasteiger partial charge on any atom is -0.284 e. The van der Waals surface area contributed by atoms with Crippen molar-refractivity contribution in [2.45, 2.75) is 44.9 Å². The second kappa shape index (κ2) is 4.84. The highest BCUT2D eigenvalue weighted by molar-refractivity contribution is 6.44. The lowest BCUT2D eigenvalue weighted by Crippen LogP contribution is -2.35. The van der Waals surface area contributed by atoms with E-state index in [1.807, 2.05) is 11.7 Å². The zero-order chi connectivity index (χ0) is 17.6. The molecule has 0 N–H and O–H groups in total. The van der Waals surface area contributed by atoms with Gasteiger partial charge in [-0.1, -0.05) is 55.6 Å². The van der Waals surface area contributed by atoms with Crippen molar-refractivity contribution >= 4 is 34.8 Å². The smallest absolute Gasteiger partial charge is 0.275 e. The summed E-state index contributed by atoms with van der Waals surface area (Å²) < 4.78 is 3.57. The van der Waals surface area contributed by atoms with Crippen molar-refractivity contribution in [2.75, 3.05) is 0 Å². The molecule has 1 aromatic carbocycles. The Hall–Kier alpha value is -0.900. The maximum Gasteiger partial charge on any atom is 0.275 e. The lowest BCUT2D eigenvalue weighted by atomic mass is 9.70. The van der Waals surface area contributed by atoms with Gasteiger partial charge in [0.1, 0.15) is 0 Å². The molecule has 0 spiro atoms. The molecule has 0 unspecified atom stereocenters. The second-order valence-corrected chi connectivity index (χ2v) is 8.99. The van der Waals surface area contributed by atoms with Crippen molar-refractivity contribution < 1.29 is 0 Å². The van der Waals surface area contributed by atoms with Crippen LogP contribution in [0.1, 0.15) is 50.8 Å². The van der Waals surface area contributed by atoms with Gasteiger partial charge in [0.05, 0.1) is 21.4 Å². The summed E-state index contributed by atoms with van der Waals surface area (Å²) >= 11 is 18.7. The molecule has 2 aliphatic rings. The summed E-state index contributed by atoms with van der Waals surface area (Å²) in [5, 5.41) is 1.16. The Bertz CT molecular complexity index is 941. The third-order valence-electron chi connectivity index (χ3n) is 6.60. The Morgan fingerprint density at radius 3 is 2.46 bits per heavy atom. The van der Waals surface area contributed by atoms with Crippen LogP contribution >= 0.6 is 34.8 Å². The van der Waals surface area contributed by atoms with E-state index in [-0.39, 0.29) is 22.3 Å². The molecule has 3 nitrogen and oxygen atoms in total. The molecule has 4 rings (SSSR count). The third-order valence-corrected chi connectivity index (χ3v) is 7.61. The molecule has 2 aromatic rings. The maximum atomic E-state index is 13.3. The van der Waals surface area contributed by atoms with Crippen molar-refractivity contribution in [3.63, 3.8) is 0 Å². The number of hydrogen-bond acceptors (Lipinski definition) is 1. The number of hydrogen-bond donors (Lipinski definition) is 0. The summed E-state index contributed by atoms with van der Waals surface area (Å²) in [5.74, 6) is 0.283. The van der Waals surface area contributed by atoms with Crippen molar-refractivity contribution in [2.24, 2.45) is 12.5 Å². The van der Waals surface area contributed by atoms with E-state index in [0.717, 1.165) is 24.1 Å². The van der Waals surface area contributed by atoms with Crippen LogP contribution in [0.5, 0.6) is 0 Å². The molecular weight excluding hydrogens is 367 g/mol. The van der Waals surface area contributed by atoms with Crippen LogP contribution in [0.4, 0.5) is 0 Å². The molecule has 2 aliphatic carbocycles. The number of nitrogens with zero attached hydrogens (tertiary/aromatic N) is 2. The molecular formula is C18H19Cl3N2O. The summed E-state index contributed by atoms with van der Waals surface area (Å²) in [4.78, 5) is 13.3. The van der Waals surface area contributed by atoms with Crippen LogP contribution in [0.15, 0.2) is 16.9 Å². The Kier molecular flexibility index (Phi) is 3.34. The van der Waals surface area contributed by atoms with Gasteiger partial charge in [0.25, 0.3) is 5.56 Å². The highest BCUT2D eigenvalue weighted by Gasteiger charge is 2.62. The second-order valence-electron chi connectivity index (χ2n) is 7.77. The normalized spacial score (nSPS) is 26.9. The van der Waals surface area contributed by atoms with Gasteiger partial charge in [-0.15, -0.1) is 0 Å². The molecule has 24 heavy (non-hydrogen) atoms. The van der Waals surface area contributed by atoms with E-state index in [9.17, 15) is 4.79 Å². The minimum absolute atomic E-state index is 0.00534. The molecule has 1 heterocycles. The molecule has 1 fully saturated rings. The van der Waals surface area contributed by atoms with Gasteiger partial charge in [-0.2, -0.15) is 0 Å². The molecule has 0 saturated heterocycles. The number of halogens is 3. The molecule has 2 atom stereocenters. The summed E-state index contributed by atoms with van der Waals surface area (Å²) in [6.45, 7) is 6.82. The fourth-order valence-corrected chi connectivity index (χ4v) is 5.66. The summed E-state index contributed by atoms with van der Waals surface area (Å²) in [6, 6.07) is 3.28. The molecule has 1 aromatic heterocycles. The fraction of sp³-hybridized carbons (Fsp3) is 0.500. The highest BCUT2D eigenvalue weighted by atomic mass is 35.5. The van der Waals surface area contributed by atoms with Crippen molar-refractivity contribution in [1.82, 2.24) is 9.36 Å². The lowest BCUT2D eigenvalue weighted by Gasteiger charge is -2.36. The van der Waals surface area contributed by atoms with E-state index < -0.39 is 0 Å². The zero-order valence-electron chi connectivity index (χ0n) is 14.1. The first kappa shape index (κ1) is 16.6. The van der Waals surface area contributed by atoms with Gasteiger partial charge in [0, 0.05) is 23.0 Å². The van der Waals surface area contributed by atoms with Crippen LogP contribution in [0.25, 0.3) is 5.69 Å². The Morgan fingerprint density at radius 1 is 1.17 bits per heavy atom. The molecule has 0 aliphatic heterocycles. The van der Waals surface area contributed by atoms with Gasteiger partial charge < -0.3 is 0 Å². The number of aromatic nitrogens is 2. The zero-order valence-corrected chi connectivity index (χ0v) is 16.4. The van der Waals surface area contributed by atoms with Gasteiger partial charge in [-0.25, -0.2) is 4.68 Å². The number of benzene rings is 1. The molecule has 1 saturated carbocycles. The highest BCUT2D eigenvalue weighted by Crippen LogP contribution is 2.66. The summed E-state index contributed by atoms with van der Waals surface area (Å²) in [6.07, 6.45) is 2.15. The van der Waals surface area contributed by atoms with E-state index in [1.165, 1.54) is 0 Å². The van der Waals surface area contributed by atoms with E-state index in [4.69, 9.17) is 34.8 Å². The van der Waals surface area contributed by atoms with E-state index in [0.29, 0.717) is 20.8 Å². The van der Waals surface area contributed by atoms with Crippen LogP contribution in [-0.4, -0.2) is 9.36 Å². The van der Waals surface area contributed by atoms with Crippen LogP contribution in [0, 0.1) is 5.41 Å². The molecule has 2 bridgehead atoms. The van der Waals surface area contributed by atoms with E-state index >= 15 is 0 Å². The maximum absolute atomic E-state index is 13.3. The van der Waals surface area contributed by atoms with Crippen LogP contribution in [0.2, 0.25) is 15.1 Å². The Balaban J connectivity index is 2.06. The van der Waals surface area contributed by atoms with Gasteiger partial charge in [-0.3, -0.25) is 9.48 Å².